The van der Waals surface area contributed by atoms with Crippen molar-refractivity contribution in [1.29, 1.82) is 0 Å². The van der Waals surface area contributed by atoms with Crippen LogP contribution in [0.5, 0.6) is 11.5 Å². The first-order chi connectivity index (χ1) is 12.4. The maximum Gasteiger partial charge on any atom is 0.416 e. The fourth-order valence-corrected chi connectivity index (χ4v) is 2.05. The number of anilines is 2. The molecule has 1 aromatic heterocycles. The smallest absolute Gasteiger partial charge is 0.416 e. The van der Waals surface area contributed by atoms with Gasteiger partial charge in [-0.3, -0.25) is 0 Å². The van der Waals surface area contributed by atoms with Crippen LogP contribution in [0.3, 0.4) is 0 Å². The number of benzene rings is 1. The number of hydrogen-bond donors (Lipinski definition) is 2. The van der Waals surface area contributed by atoms with E-state index in [-0.39, 0.29) is 19.2 Å². The highest BCUT2D eigenvalue weighted by atomic mass is 19.4. The zero-order chi connectivity index (χ0) is 19.0. The molecule has 0 radical (unpaired) electrons. The Morgan fingerprint density at radius 1 is 1.12 bits per heavy atom. The van der Waals surface area contributed by atoms with Crippen LogP contribution in [0.25, 0.3) is 0 Å². The average molecular weight is 370 g/mol. The molecular formula is C17H21F3N4O2. The van der Waals surface area contributed by atoms with Gasteiger partial charge in [0.2, 0.25) is 5.95 Å². The molecule has 6 nitrogen and oxygen atoms in total. The molecule has 0 spiro atoms. The van der Waals surface area contributed by atoms with Gasteiger partial charge in [0.25, 0.3) is 0 Å². The van der Waals surface area contributed by atoms with E-state index in [9.17, 15) is 13.2 Å². The molecule has 0 saturated heterocycles. The lowest BCUT2D eigenvalue weighted by Gasteiger charge is -2.13. The second-order valence-corrected chi connectivity index (χ2v) is 5.44. The SMILES string of the molecule is CCCCNc1nc(N)ncc1OCCOc1ccc(C(F)(F)F)cc1. The number of nitrogens with one attached hydrogen (secondary N) is 1. The number of aromatic nitrogens is 2. The van der Waals surface area contributed by atoms with Crippen LogP contribution in [-0.2, 0) is 6.18 Å². The molecule has 3 N–H and O–H groups in total. The van der Waals surface area contributed by atoms with Gasteiger partial charge in [-0.05, 0) is 30.7 Å². The third-order valence-electron chi connectivity index (χ3n) is 3.39. The van der Waals surface area contributed by atoms with Crippen LogP contribution in [0.15, 0.2) is 30.5 Å². The third kappa shape index (κ3) is 5.98. The lowest BCUT2D eigenvalue weighted by molar-refractivity contribution is -0.137. The van der Waals surface area contributed by atoms with Gasteiger partial charge >= 0.3 is 6.18 Å². The Morgan fingerprint density at radius 3 is 2.46 bits per heavy atom. The molecular weight excluding hydrogens is 349 g/mol. The molecule has 9 heteroatoms. The summed E-state index contributed by atoms with van der Waals surface area (Å²) in [6.07, 6.45) is -0.891. The standard InChI is InChI=1S/C17H21F3N4O2/c1-2-3-8-22-15-14(11-23-16(21)24-15)26-10-9-25-13-6-4-12(5-7-13)17(18,19)20/h4-7,11H,2-3,8-10H2,1H3,(H3,21,22,23,24). The molecule has 0 fully saturated rings. The number of nitrogen functional groups attached to an aromatic ring is 1. The summed E-state index contributed by atoms with van der Waals surface area (Å²) in [5, 5.41) is 3.13. The van der Waals surface area contributed by atoms with Crippen molar-refractivity contribution in [2.45, 2.75) is 25.9 Å². The molecule has 142 valence electrons. The van der Waals surface area contributed by atoms with Gasteiger partial charge in [-0.25, -0.2) is 4.98 Å². The Morgan fingerprint density at radius 2 is 1.81 bits per heavy atom. The number of nitrogens with zero attached hydrogens (tertiary/aromatic N) is 2. The minimum absolute atomic E-state index is 0.136. The van der Waals surface area contributed by atoms with Gasteiger partial charge in [-0.1, -0.05) is 13.3 Å². The van der Waals surface area contributed by atoms with Crippen molar-refractivity contribution in [1.82, 2.24) is 9.97 Å². The van der Waals surface area contributed by atoms with Gasteiger partial charge < -0.3 is 20.5 Å². The van der Waals surface area contributed by atoms with Gasteiger partial charge in [0, 0.05) is 6.54 Å². The molecule has 0 aliphatic heterocycles. The molecule has 0 saturated carbocycles. The molecule has 2 rings (SSSR count). The lowest BCUT2D eigenvalue weighted by Crippen LogP contribution is -2.13. The Hall–Kier alpha value is -2.71. The van der Waals surface area contributed by atoms with E-state index in [2.05, 4.69) is 22.2 Å². The zero-order valence-electron chi connectivity index (χ0n) is 14.3. The van der Waals surface area contributed by atoms with Gasteiger partial charge in [0.1, 0.15) is 19.0 Å². The largest absolute Gasteiger partial charge is 0.490 e. The topological polar surface area (TPSA) is 82.3 Å². The maximum absolute atomic E-state index is 12.5. The molecule has 0 bridgehead atoms. The van der Waals surface area contributed by atoms with E-state index < -0.39 is 11.7 Å². The van der Waals surface area contributed by atoms with Crippen LogP contribution in [0.4, 0.5) is 24.9 Å². The number of halogens is 3. The molecule has 2 aromatic rings. The predicted octanol–water partition coefficient (Wildman–Crippen LogP) is 3.75. The lowest BCUT2D eigenvalue weighted by atomic mass is 10.2. The van der Waals surface area contributed by atoms with Crippen LogP contribution < -0.4 is 20.5 Å². The van der Waals surface area contributed by atoms with E-state index in [0.717, 1.165) is 31.5 Å². The highest BCUT2D eigenvalue weighted by Crippen LogP contribution is 2.30. The third-order valence-corrected chi connectivity index (χ3v) is 3.39. The molecule has 26 heavy (non-hydrogen) atoms. The van der Waals surface area contributed by atoms with Gasteiger partial charge in [-0.2, -0.15) is 18.2 Å². The summed E-state index contributed by atoms with van der Waals surface area (Å²) in [4.78, 5) is 7.99. The van der Waals surface area contributed by atoms with Crippen molar-refractivity contribution in [3.8, 4) is 11.5 Å². The Kier molecular flexibility index (Phi) is 6.88. The van der Waals surface area contributed by atoms with Gasteiger partial charge in [-0.15, -0.1) is 0 Å². The number of nitrogens with two attached hydrogens (primary N) is 1. The van der Waals surface area contributed by atoms with Gasteiger partial charge in [0.05, 0.1) is 11.8 Å². The van der Waals surface area contributed by atoms with Crippen LogP contribution in [0.1, 0.15) is 25.3 Å². The molecule has 1 heterocycles. The maximum atomic E-state index is 12.5. The van der Waals surface area contributed by atoms with Crippen molar-refractivity contribution in [2.24, 2.45) is 0 Å². The minimum atomic E-state index is -4.36. The Bertz CT molecular complexity index is 693. The Labute approximate surface area is 149 Å². The number of unbranched alkanes of at least 4 members (excludes halogenated alkanes) is 1. The molecule has 0 aliphatic carbocycles. The first kappa shape index (κ1) is 19.6. The van der Waals surface area contributed by atoms with Crippen molar-refractivity contribution in [3.63, 3.8) is 0 Å². The Balaban J connectivity index is 1.84. The summed E-state index contributed by atoms with van der Waals surface area (Å²) in [5.41, 5.74) is 4.86. The van der Waals surface area contributed by atoms with Crippen LogP contribution in [-0.4, -0.2) is 29.7 Å². The monoisotopic (exact) mass is 370 g/mol. The molecule has 0 aliphatic rings. The van der Waals surface area contributed by atoms with Crippen LogP contribution in [0.2, 0.25) is 0 Å². The van der Waals surface area contributed by atoms with E-state index in [4.69, 9.17) is 15.2 Å². The number of rotatable bonds is 9. The average Bonchev–Trinajstić information content (AvgIpc) is 2.60. The highest BCUT2D eigenvalue weighted by Gasteiger charge is 2.29. The fraction of sp³-hybridized carbons (Fsp3) is 0.412. The summed E-state index contributed by atoms with van der Waals surface area (Å²) in [6, 6.07) is 4.49. The first-order valence-corrected chi connectivity index (χ1v) is 8.19. The predicted molar refractivity (Wildman–Crippen MR) is 92.3 cm³/mol. The summed E-state index contributed by atoms with van der Waals surface area (Å²) in [5.74, 6) is 1.40. The molecule has 0 atom stereocenters. The van der Waals surface area contributed by atoms with Crippen molar-refractivity contribution in [2.75, 3.05) is 30.8 Å². The minimum Gasteiger partial charge on any atom is -0.490 e. The quantitative estimate of drug-likeness (QED) is 0.654. The highest BCUT2D eigenvalue weighted by molar-refractivity contribution is 5.51. The van der Waals surface area contributed by atoms with Crippen LogP contribution >= 0.6 is 0 Å². The summed E-state index contributed by atoms with van der Waals surface area (Å²) in [6.45, 7) is 3.14. The number of hydrogen-bond acceptors (Lipinski definition) is 6. The van der Waals surface area contributed by atoms with Gasteiger partial charge in [0.15, 0.2) is 11.6 Å². The van der Waals surface area contributed by atoms with Crippen LogP contribution in [0, 0.1) is 0 Å². The first-order valence-electron chi connectivity index (χ1n) is 8.19. The zero-order valence-corrected chi connectivity index (χ0v) is 14.3. The molecule has 1 aromatic carbocycles. The van der Waals surface area contributed by atoms with E-state index in [0.29, 0.717) is 17.3 Å². The normalized spacial score (nSPS) is 11.2. The van der Waals surface area contributed by atoms with Crippen molar-refractivity contribution >= 4 is 11.8 Å². The van der Waals surface area contributed by atoms with E-state index in [1.54, 1.807) is 0 Å². The number of ether oxygens (including phenoxy) is 2. The summed E-state index contributed by atoms with van der Waals surface area (Å²) >= 11 is 0. The fourth-order valence-electron chi connectivity index (χ4n) is 2.05. The van der Waals surface area contributed by atoms with E-state index in [1.165, 1.54) is 18.3 Å². The summed E-state index contributed by atoms with van der Waals surface area (Å²) < 4.78 is 48.5. The second-order valence-electron chi connectivity index (χ2n) is 5.44. The van der Waals surface area contributed by atoms with E-state index in [1.807, 2.05) is 0 Å². The van der Waals surface area contributed by atoms with Crippen molar-refractivity contribution in [3.05, 3.63) is 36.0 Å². The molecule has 0 unspecified atom stereocenters. The van der Waals surface area contributed by atoms with Crippen molar-refractivity contribution < 1.29 is 22.6 Å². The van der Waals surface area contributed by atoms with E-state index >= 15 is 0 Å². The summed E-state index contributed by atoms with van der Waals surface area (Å²) in [7, 11) is 0. The molecule has 0 amide bonds. The second kappa shape index (κ2) is 9.12. The number of alkyl halides is 3.